The van der Waals surface area contributed by atoms with Gasteiger partial charge in [-0.2, -0.15) is 0 Å². The van der Waals surface area contributed by atoms with Crippen LogP contribution in [0.5, 0.6) is 0 Å². The topological polar surface area (TPSA) is 0 Å². The van der Waals surface area contributed by atoms with Gasteiger partial charge in [0.2, 0.25) is 0 Å². The highest BCUT2D eigenvalue weighted by molar-refractivity contribution is 6.15. The van der Waals surface area contributed by atoms with E-state index in [1.54, 1.807) is 0 Å². The monoisotopic (exact) mass is 480 g/mol. The molecule has 0 bridgehead atoms. The van der Waals surface area contributed by atoms with E-state index in [2.05, 4.69) is 146 Å². The summed E-state index contributed by atoms with van der Waals surface area (Å²) in [6, 6.07) is 53.5. The van der Waals surface area contributed by atoms with E-state index in [0.717, 1.165) is 0 Å². The third kappa shape index (κ3) is 3.31. The highest BCUT2D eigenvalue weighted by Gasteiger charge is 2.12. The van der Waals surface area contributed by atoms with Gasteiger partial charge in [-0.25, -0.2) is 0 Å². The largest absolute Gasteiger partial charge is 0.0616 e. The Hall–Kier alpha value is -4.94. The van der Waals surface area contributed by atoms with Crippen LogP contribution in [-0.4, -0.2) is 0 Å². The zero-order valence-electron chi connectivity index (χ0n) is 20.9. The Bertz CT molecular complexity index is 2180. The lowest BCUT2D eigenvalue weighted by atomic mass is 9.90. The Morgan fingerprint density at radius 3 is 1.58 bits per heavy atom. The first kappa shape index (κ1) is 21.2. The molecule has 0 heteroatoms. The summed E-state index contributed by atoms with van der Waals surface area (Å²) >= 11 is 0. The maximum atomic E-state index is 2.38. The lowest BCUT2D eigenvalue weighted by molar-refractivity contribution is 1.67. The Morgan fingerprint density at radius 1 is 0.237 bits per heavy atom. The van der Waals surface area contributed by atoms with Gasteiger partial charge >= 0.3 is 0 Å². The quantitative estimate of drug-likeness (QED) is 0.216. The van der Waals surface area contributed by atoms with Crippen molar-refractivity contribution in [3.05, 3.63) is 146 Å². The maximum absolute atomic E-state index is 2.38. The van der Waals surface area contributed by atoms with Gasteiger partial charge in [-0.15, -0.1) is 0 Å². The van der Waals surface area contributed by atoms with Crippen LogP contribution >= 0.6 is 0 Å². The summed E-state index contributed by atoms with van der Waals surface area (Å²) in [7, 11) is 0. The molecule has 8 rings (SSSR count). The zero-order valence-corrected chi connectivity index (χ0v) is 20.9. The third-order valence-electron chi connectivity index (χ3n) is 8.00. The summed E-state index contributed by atoms with van der Waals surface area (Å²) in [6.07, 6.45) is 0. The van der Waals surface area contributed by atoms with Gasteiger partial charge in [0.05, 0.1) is 0 Å². The summed E-state index contributed by atoms with van der Waals surface area (Å²) in [4.78, 5) is 0. The van der Waals surface area contributed by atoms with Crippen molar-refractivity contribution >= 4 is 53.9 Å². The molecular formula is C38H24. The van der Waals surface area contributed by atoms with E-state index in [-0.39, 0.29) is 0 Å². The van der Waals surface area contributed by atoms with E-state index in [0.29, 0.717) is 0 Å². The van der Waals surface area contributed by atoms with Crippen LogP contribution in [0.4, 0.5) is 0 Å². The molecule has 0 heterocycles. The van der Waals surface area contributed by atoms with E-state index in [4.69, 9.17) is 0 Å². The number of fused-ring (bicyclic) bond motifs is 7. The van der Waals surface area contributed by atoms with Crippen LogP contribution in [0, 0.1) is 0 Å². The highest BCUT2D eigenvalue weighted by Crippen LogP contribution is 2.39. The third-order valence-corrected chi connectivity index (χ3v) is 8.00. The molecule has 8 aromatic carbocycles. The maximum Gasteiger partial charge on any atom is -0.00928 e. The minimum atomic E-state index is 1.24. The molecule has 0 aliphatic heterocycles. The molecule has 0 unspecified atom stereocenters. The molecule has 0 radical (unpaired) electrons. The molecule has 0 fully saturated rings. The van der Waals surface area contributed by atoms with Crippen molar-refractivity contribution in [2.75, 3.05) is 0 Å². The smallest absolute Gasteiger partial charge is 0.00928 e. The van der Waals surface area contributed by atoms with Crippen LogP contribution in [0.1, 0.15) is 0 Å². The van der Waals surface area contributed by atoms with Crippen molar-refractivity contribution in [3.8, 4) is 22.3 Å². The molecule has 0 saturated heterocycles. The van der Waals surface area contributed by atoms with Crippen molar-refractivity contribution in [1.82, 2.24) is 0 Å². The second kappa shape index (κ2) is 8.30. The van der Waals surface area contributed by atoms with E-state index in [1.807, 2.05) is 0 Å². The Morgan fingerprint density at radius 2 is 0.737 bits per heavy atom. The van der Waals surface area contributed by atoms with Crippen LogP contribution in [0.3, 0.4) is 0 Å². The summed E-state index contributed by atoms with van der Waals surface area (Å²) in [5.41, 5.74) is 5.01. The first-order chi connectivity index (χ1) is 18.8. The SMILES string of the molecule is c1ccc2cc(-c3cc4ccccc4c4ccc(-c5ccc6c(ccc7ccccc76)c5)cc34)ccc2c1. The van der Waals surface area contributed by atoms with Gasteiger partial charge in [0.25, 0.3) is 0 Å². The van der Waals surface area contributed by atoms with Crippen molar-refractivity contribution in [2.45, 2.75) is 0 Å². The van der Waals surface area contributed by atoms with Crippen molar-refractivity contribution < 1.29 is 0 Å². The lowest BCUT2D eigenvalue weighted by Crippen LogP contribution is -1.87. The summed E-state index contributed by atoms with van der Waals surface area (Å²) in [5.74, 6) is 0. The second-order valence-corrected chi connectivity index (χ2v) is 10.2. The van der Waals surface area contributed by atoms with Gasteiger partial charge in [-0.3, -0.25) is 0 Å². The van der Waals surface area contributed by atoms with E-state index >= 15 is 0 Å². The normalized spacial score (nSPS) is 11.7. The fourth-order valence-corrected chi connectivity index (χ4v) is 6.07. The van der Waals surface area contributed by atoms with Crippen molar-refractivity contribution in [3.63, 3.8) is 0 Å². The fourth-order valence-electron chi connectivity index (χ4n) is 6.07. The molecule has 0 N–H and O–H groups in total. The first-order valence-electron chi connectivity index (χ1n) is 13.2. The molecule has 8 aromatic rings. The standard InChI is InChI=1S/C38H24/c1-2-9-27-21-32(15-13-25(27)7-1)37-24-30-10-4-6-12-34(30)36-20-18-29(23-38(36)37)28-17-19-35-31(22-28)16-14-26-8-3-5-11-33(26)35/h1-24H. The average Bonchev–Trinajstić information content (AvgIpc) is 2.99. The van der Waals surface area contributed by atoms with Gasteiger partial charge in [-0.05, 0) is 100 Å². The number of rotatable bonds is 2. The van der Waals surface area contributed by atoms with Gasteiger partial charge in [0.15, 0.2) is 0 Å². The predicted molar refractivity (Wildman–Crippen MR) is 165 cm³/mol. The molecule has 0 atom stereocenters. The number of benzene rings is 8. The van der Waals surface area contributed by atoms with Gasteiger partial charge < -0.3 is 0 Å². The van der Waals surface area contributed by atoms with E-state index in [9.17, 15) is 0 Å². The van der Waals surface area contributed by atoms with Crippen LogP contribution < -0.4 is 0 Å². The number of hydrogen-bond donors (Lipinski definition) is 0. The average molecular weight is 481 g/mol. The van der Waals surface area contributed by atoms with Gasteiger partial charge in [0, 0.05) is 0 Å². The highest BCUT2D eigenvalue weighted by atomic mass is 14.2. The molecule has 0 aliphatic rings. The first-order valence-corrected chi connectivity index (χ1v) is 13.2. The van der Waals surface area contributed by atoms with Gasteiger partial charge in [-0.1, -0.05) is 121 Å². The van der Waals surface area contributed by atoms with Crippen LogP contribution in [0.2, 0.25) is 0 Å². The molecule has 0 spiro atoms. The molecule has 0 amide bonds. The number of hydrogen-bond acceptors (Lipinski definition) is 0. The van der Waals surface area contributed by atoms with E-state index < -0.39 is 0 Å². The Kier molecular flexibility index (Phi) is 4.62. The second-order valence-electron chi connectivity index (χ2n) is 10.2. The minimum Gasteiger partial charge on any atom is -0.0616 e. The van der Waals surface area contributed by atoms with Crippen LogP contribution in [-0.2, 0) is 0 Å². The lowest BCUT2D eigenvalue weighted by Gasteiger charge is -2.14. The Balaban J connectivity index is 1.37. The molecular weight excluding hydrogens is 456 g/mol. The molecule has 0 aromatic heterocycles. The predicted octanol–water partition coefficient (Wildman–Crippen LogP) is 10.8. The molecule has 0 nitrogen and oxygen atoms in total. The van der Waals surface area contributed by atoms with Crippen LogP contribution in [0.15, 0.2) is 146 Å². The van der Waals surface area contributed by atoms with E-state index in [1.165, 1.54) is 76.1 Å². The summed E-state index contributed by atoms with van der Waals surface area (Å²) < 4.78 is 0. The Labute approximate surface area is 221 Å². The van der Waals surface area contributed by atoms with Crippen molar-refractivity contribution in [1.29, 1.82) is 0 Å². The van der Waals surface area contributed by atoms with Crippen LogP contribution in [0.25, 0.3) is 76.1 Å². The molecule has 38 heavy (non-hydrogen) atoms. The fraction of sp³-hybridized carbons (Fsp3) is 0. The summed E-state index contributed by atoms with van der Waals surface area (Å²) in [5, 5.41) is 12.8. The molecule has 176 valence electrons. The molecule has 0 aliphatic carbocycles. The molecule has 0 saturated carbocycles. The zero-order chi connectivity index (χ0) is 25.1. The van der Waals surface area contributed by atoms with Gasteiger partial charge in [0.1, 0.15) is 0 Å². The van der Waals surface area contributed by atoms with Crippen molar-refractivity contribution in [2.24, 2.45) is 0 Å². The summed E-state index contributed by atoms with van der Waals surface area (Å²) in [6.45, 7) is 0. The minimum absolute atomic E-state index is 1.24.